The summed E-state index contributed by atoms with van der Waals surface area (Å²) in [6.07, 6.45) is 0. The van der Waals surface area contributed by atoms with Crippen LogP contribution < -0.4 is 10.6 Å². The molecule has 0 radical (unpaired) electrons. The van der Waals surface area contributed by atoms with Crippen LogP contribution in [0.4, 0.5) is 0 Å². The number of carboxylic acid groups (broad SMARTS) is 1. The van der Waals surface area contributed by atoms with Crippen LogP contribution >= 0.6 is 22.9 Å². The maximum atomic E-state index is 12.2. The van der Waals surface area contributed by atoms with E-state index in [1.54, 1.807) is 13.8 Å². The second-order valence-corrected chi connectivity index (χ2v) is 6.98. The molecular formula is C16H17ClN2O4S. The summed E-state index contributed by atoms with van der Waals surface area (Å²) in [6, 6.07) is 6.35. The summed E-state index contributed by atoms with van der Waals surface area (Å²) >= 11 is 7.44. The molecule has 128 valence electrons. The van der Waals surface area contributed by atoms with E-state index in [0.29, 0.717) is 9.90 Å². The topological polar surface area (TPSA) is 95.5 Å². The highest BCUT2D eigenvalue weighted by atomic mass is 35.5. The zero-order valence-corrected chi connectivity index (χ0v) is 14.7. The average Bonchev–Trinajstić information content (AvgIpc) is 2.87. The van der Waals surface area contributed by atoms with E-state index in [4.69, 9.17) is 16.7 Å². The average molecular weight is 369 g/mol. The summed E-state index contributed by atoms with van der Waals surface area (Å²) in [5.41, 5.74) is 0. The van der Waals surface area contributed by atoms with Crippen molar-refractivity contribution in [3.8, 4) is 0 Å². The van der Waals surface area contributed by atoms with Crippen LogP contribution in [0, 0.1) is 5.92 Å². The highest BCUT2D eigenvalue weighted by Crippen LogP contribution is 2.34. The fraction of sp³-hybridized carbons (Fsp3) is 0.312. The minimum absolute atomic E-state index is 0.265. The molecule has 0 spiro atoms. The number of carboxylic acids is 1. The SMILES string of the molecule is CC(C)C(NC(=O)CNC(=O)c1sc2ccccc2c1Cl)C(=O)O. The Labute approximate surface area is 147 Å². The van der Waals surface area contributed by atoms with Gasteiger partial charge in [-0.25, -0.2) is 4.79 Å². The Hall–Kier alpha value is -2.12. The third-order valence-corrected chi connectivity index (χ3v) is 5.07. The molecule has 1 aromatic heterocycles. The van der Waals surface area contributed by atoms with Gasteiger partial charge in [0.05, 0.1) is 11.6 Å². The van der Waals surface area contributed by atoms with E-state index in [1.807, 2.05) is 24.3 Å². The first-order valence-electron chi connectivity index (χ1n) is 7.28. The van der Waals surface area contributed by atoms with Crippen molar-refractivity contribution in [2.75, 3.05) is 6.54 Å². The molecule has 0 aliphatic rings. The number of fused-ring (bicyclic) bond motifs is 1. The summed E-state index contributed by atoms with van der Waals surface area (Å²) in [5.74, 6) is -2.41. The van der Waals surface area contributed by atoms with Crippen LogP contribution in [-0.2, 0) is 9.59 Å². The van der Waals surface area contributed by atoms with Gasteiger partial charge in [0.2, 0.25) is 5.91 Å². The number of halogens is 1. The number of thiophene rings is 1. The molecule has 2 amide bonds. The van der Waals surface area contributed by atoms with Crippen LogP contribution in [0.15, 0.2) is 24.3 Å². The molecule has 1 atom stereocenters. The monoisotopic (exact) mass is 368 g/mol. The van der Waals surface area contributed by atoms with Crippen LogP contribution in [-0.4, -0.2) is 35.5 Å². The minimum Gasteiger partial charge on any atom is -0.480 e. The lowest BCUT2D eigenvalue weighted by Gasteiger charge is -2.17. The quantitative estimate of drug-likeness (QED) is 0.730. The normalized spacial score (nSPS) is 12.2. The summed E-state index contributed by atoms with van der Waals surface area (Å²) in [7, 11) is 0. The Morgan fingerprint density at radius 1 is 1.25 bits per heavy atom. The van der Waals surface area contributed by atoms with Crippen molar-refractivity contribution in [1.82, 2.24) is 10.6 Å². The molecule has 0 saturated heterocycles. The lowest BCUT2D eigenvalue weighted by molar-refractivity contribution is -0.142. The molecule has 0 fully saturated rings. The molecule has 0 saturated carbocycles. The molecule has 3 N–H and O–H groups in total. The number of benzene rings is 1. The first kappa shape index (κ1) is 18.2. The van der Waals surface area contributed by atoms with Crippen molar-refractivity contribution in [1.29, 1.82) is 0 Å². The van der Waals surface area contributed by atoms with Crippen LogP contribution in [0.1, 0.15) is 23.5 Å². The van der Waals surface area contributed by atoms with E-state index in [0.717, 1.165) is 10.1 Å². The predicted molar refractivity (Wildman–Crippen MR) is 93.6 cm³/mol. The number of carbonyl (C=O) groups excluding carboxylic acids is 2. The van der Waals surface area contributed by atoms with Gasteiger partial charge in [0, 0.05) is 10.1 Å². The van der Waals surface area contributed by atoms with Gasteiger partial charge in [-0.1, -0.05) is 43.6 Å². The van der Waals surface area contributed by atoms with Gasteiger partial charge in [0.1, 0.15) is 10.9 Å². The number of rotatable bonds is 6. The van der Waals surface area contributed by atoms with E-state index >= 15 is 0 Å². The zero-order valence-electron chi connectivity index (χ0n) is 13.1. The highest BCUT2D eigenvalue weighted by molar-refractivity contribution is 7.21. The summed E-state index contributed by atoms with van der Waals surface area (Å²) in [6.45, 7) is 3.06. The fourth-order valence-corrected chi connectivity index (χ4v) is 3.57. The van der Waals surface area contributed by atoms with Gasteiger partial charge in [-0.15, -0.1) is 11.3 Å². The number of nitrogens with one attached hydrogen (secondary N) is 2. The molecule has 1 unspecified atom stereocenters. The van der Waals surface area contributed by atoms with Gasteiger partial charge in [-0.05, 0) is 12.0 Å². The van der Waals surface area contributed by atoms with Crippen LogP contribution in [0.2, 0.25) is 5.02 Å². The molecule has 1 aromatic carbocycles. The standard InChI is InChI=1S/C16H17ClN2O4S/c1-8(2)13(16(22)23)19-11(20)7-18-15(21)14-12(17)9-5-3-4-6-10(9)24-14/h3-6,8,13H,7H2,1-2H3,(H,18,21)(H,19,20)(H,22,23). The lowest BCUT2D eigenvalue weighted by Crippen LogP contribution is -2.48. The molecule has 0 aliphatic carbocycles. The lowest BCUT2D eigenvalue weighted by atomic mass is 10.1. The van der Waals surface area contributed by atoms with Crippen molar-refractivity contribution in [3.63, 3.8) is 0 Å². The summed E-state index contributed by atoms with van der Waals surface area (Å²) in [5, 5.41) is 15.0. The first-order valence-corrected chi connectivity index (χ1v) is 8.48. The van der Waals surface area contributed by atoms with E-state index in [-0.39, 0.29) is 12.5 Å². The summed E-state index contributed by atoms with van der Waals surface area (Å²) in [4.78, 5) is 35.4. The van der Waals surface area contributed by atoms with Gasteiger partial charge in [-0.3, -0.25) is 9.59 Å². The third-order valence-electron chi connectivity index (χ3n) is 3.40. The molecule has 0 aliphatic heterocycles. The Morgan fingerprint density at radius 2 is 1.92 bits per heavy atom. The maximum absolute atomic E-state index is 12.2. The zero-order chi connectivity index (χ0) is 17.9. The smallest absolute Gasteiger partial charge is 0.326 e. The van der Waals surface area contributed by atoms with Crippen LogP contribution in [0.25, 0.3) is 10.1 Å². The Kier molecular flexibility index (Phi) is 5.80. The second-order valence-electron chi connectivity index (χ2n) is 5.55. The summed E-state index contributed by atoms with van der Waals surface area (Å²) < 4.78 is 0.878. The van der Waals surface area contributed by atoms with Crippen molar-refractivity contribution >= 4 is 50.8 Å². The van der Waals surface area contributed by atoms with Crippen molar-refractivity contribution < 1.29 is 19.5 Å². The highest BCUT2D eigenvalue weighted by Gasteiger charge is 2.24. The van der Waals surface area contributed by atoms with E-state index in [1.165, 1.54) is 11.3 Å². The second kappa shape index (κ2) is 7.63. The van der Waals surface area contributed by atoms with Crippen molar-refractivity contribution in [3.05, 3.63) is 34.2 Å². The Morgan fingerprint density at radius 3 is 2.50 bits per heavy atom. The molecule has 0 bridgehead atoms. The third kappa shape index (κ3) is 4.04. The van der Waals surface area contributed by atoms with Gasteiger partial charge < -0.3 is 15.7 Å². The van der Waals surface area contributed by atoms with Gasteiger partial charge in [-0.2, -0.15) is 0 Å². The van der Waals surface area contributed by atoms with Crippen molar-refractivity contribution in [2.24, 2.45) is 5.92 Å². The number of hydrogen-bond acceptors (Lipinski definition) is 4. The molecule has 2 aromatic rings. The Balaban J connectivity index is 2.00. The number of carbonyl (C=O) groups is 3. The number of aliphatic carboxylic acids is 1. The minimum atomic E-state index is -1.11. The van der Waals surface area contributed by atoms with Crippen molar-refractivity contribution in [2.45, 2.75) is 19.9 Å². The predicted octanol–water partition coefficient (Wildman–Crippen LogP) is 2.51. The largest absolute Gasteiger partial charge is 0.480 e. The van der Waals surface area contributed by atoms with Gasteiger partial charge >= 0.3 is 5.97 Å². The van der Waals surface area contributed by atoms with E-state index in [9.17, 15) is 14.4 Å². The Bertz CT molecular complexity index is 787. The molecule has 6 nitrogen and oxygen atoms in total. The van der Waals surface area contributed by atoms with E-state index < -0.39 is 23.8 Å². The van der Waals surface area contributed by atoms with E-state index in [2.05, 4.69) is 10.6 Å². The molecule has 1 heterocycles. The molecule has 8 heteroatoms. The van der Waals surface area contributed by atoms with Crippen LogP contribution in [0.5, 0.6) is 0 Å². The van der Waals surface area contributed by atoms with Gasteiger partial charge in [0.15, 0.2) is 0 Å². The molecule has 2 rings (SSSR count). The number of hydrogen-bond donors (Lipinski definition) is 3. The molecular weight excluding hydrogens is 352 g/mol. The van der Waals surface area contributed by atoms with Gasteiger partial charge in [0.25, 0.3) is 5.91 Å². The first-order chi connectivity index (χ1) is 11.3. The number of amides is 2. The maximum Gasteiger partial charge on any atom is 0.326 e. The van der Waals surface area contributed by atoms with Crippen LogP contribution in [0.3, 0.4) is 0 Å². The fourth-order valence-electron chi connectivity index (χ4n) is 2.14. The molecule has 24 heavy (non-hydrogen) atoms.